The first kappa shape index (κ1) is 35.3. The van der Waals surface area contributed by atoms with E-state index in [4.69, 9.17) is 4.42 Å². The number of nitrogens with zero attached hydrogens (tertiary/aromatic N) is 1. The fourth-order valence-electron chi connectivity index (χ4n) is 9.55. The van der Waals surface area contributed by atoms with Crippen molar-refractivity contribution in [1.29, 1.82) is 0 Å². The van der Waals surface area contributed by atoms with Gasteiger partial charge in [-0.05, 0) is 118 Å². The first-order valence-corrected chi connectivity index (χ1v) is 22.6. The van der Waals surface area contributed by atoms with Crippen LogP contribution >= 0.6 is 22.7 Å². The van der Waals surface area contributed by atoms with E-state index in [-0.39, 0.29) is 0 Å². The third kappa shape index (κ3) is 5.61. The number of hydrogen-bond acceptors (Lipinski definition) is 4. The highest BCUT2D eigenvalue weighted by molar-refractivity contribution is 7.26. The molecule has 0 radical (unpaired) electrons. The molecule has 0 spiro atoms. The number of anilines is 3. The maximum absolute atomic E-state index is 6.56. The normalized spacial score (nSPS) is 11.9. The molecular formula is C58H35NOS2. The third-order valence-electron chi connectivity index (χ3n) is 12.5. The molecule has 0 bridgehead atoms. The number of furan rings is 1. The second-order valence-corrected chi connectivity index (χ2v) is 18.2. The predicted molar refractivity (Wildman–Crippen MR) is 268 cm³/mol. The maximum Gasteiger partial charge on any atom is 0.143 e. The van der Waals surface area contributed by atoms with Gasteiger partial charge in [0.05, 0.1) is 0 Å². The zero-order valence-electron chi connectivity index (χ0n) is 33.4. The molecule has 0 aliphatic rings. The lowest BCUT2D eigenvalue weighted by molar-refractivity contribution is 0.673. The summed E-state index contributed by atoms with van der Waals surface area (Å²) in [6.45, 7) is 0. The molecule has 3 aromatic heterocycles. The van der Waals surface area contributed by atoms with Crippen LogP contribution in [0.2, 0.25) is 0 Å². The van der Waals surface area contributed by atoms with E-state index in [1.807, 2.05) is 22.7 Å². The Balaban J connectivity index is 0.913. The van der Waals surface area contributed by atoms with Crippen molar-refractivity contribution in [2.24, 2.45) is 0 Å². The second kappa shape index (κ2) is 14.0. The third-order valence-corrected chi connectivity index (χ3v) is 14.8. The van der Waals surface area contributed by atoms with Crippen molar-refractivity contribution in [2.75, 3.05) is 4.90 Å². The summed E-state index contributed by atoms with van der Waals surface area (Å²) >= 11 is 3.72. The molecule has 3 heterocycles. The maximum atomic E-state index is 6.56. The molecule has 0 amide bonds. The molecule has 290 valence electrons. The number of hydrogen-bond donors (Lipinski definition) is 0. The van der Waals surface area contributed by atoms with Gasteiger partial charge in [0.1, 0.15) is 11.2 Å². The van der Waals surface area contributed by atoms with Crippen molar-refractivity contribution >= 4 is 113 Å². The first-order valence-electron chi connectivity index (χ1n) is 21.0. The first-order chi connectivity index (χ1) is 30.7. The Morgan fingerprint density at radius 2 is 0.855 bits per heavy atom. The van der Waals surface area contributed by atoms with Gasteiger partial charge >= 0.3 is 0 Å². The Morgan fingerprint density at radius 3 is 1.58 bits per heavy atom. The Hall–Kier alpha value is -7.50. The second-order valence-electron chi connectivity index (χ2n) is 16.0. The minimum Gasteiger partial charge on any atom is -0.455 e. The van der Waals surface area contributed by atoms with Gasteiger partial charge in [0.2, 0.25) is 0 Å². The fraction of sp³-hybridized carbons (Fsp3) is 0. The Labute approximate surface area is 365 Å². The van der Waals surface area contributed by atoms with Crippen LogP contribution < -0.4 is 4.90 Å². The summed E-state index contributed by atoms with van der Waals surface area (Å²) in [6.07, 6.45) is 0. The van der Waals surface area contributed by atoms with Gasteiger partial charge in [-0.3, -0.25) is 0 Å². The van der Waals surface area contributed by atoms with Gasteiger partial charge in [0.25, 0.3) is 0 Å². The average molecular weight is 826 g/mol. The monoisotopic (exact) mass is 825 g/mol. The van der Waals surface area contributed by atoms with E-state index in [9.17, 15) is 0 Å². The van der Waals surface area contributed by atoms with E-state index in [2.05, 4.69) is 217 Å². The van der Waals surface area contributed by atoms with Crippen LogP contribution in [0.25, 0.3) is 106 Å². The Kier molecular flexibility index (Phi) is 7.99. The standard InChI is InChI=1S/C58H35NOS2/c1-2-10-46-37(9-1)25-33-49-56-44(13-7-15-51(56)60-58(46)49)38-21-29-42(30-22-38)59(41-27-19-36(20-28-41)40-26-34-54-50(35-40)47-11-3-5-16-52(47)61-54)43-31-23-39(24-32-43)45-14-8-18-55-57(45)48-12-4-6-17-53(48)62-55/h1-35H. The molecule has 0 saturated heterocycles. The Morgan fingerprint density at radius 1 is 0.323 bits per heavy atom. The number of thiophene rings is 2. The van der Waals surface area contributed by atoms with E-state index in [1.165, 1.54) is 68.0 Å². The van der Waals surface area contributed by atoms with Crippen LogP contribution in [0.4, 0.5) is 17.1 Å². The van der Waals surface area contributed by atoms with Gasteiger partial charge in [-0.15, -0.1) is 22.7 Å². The molecule has 0 saturated carbocycles. The summed E-state index contributed by atoms with van der Waals surface area (Å²) in [5, 5.41) is 9.87. The lowest BCUT2D eigenvalue weighted by atomic mass is 9.97. The van der Waals surface area contributed by atoms with Crippen molar-refractivity contribution in [3.05, 3.63) is 212 Å². The van der Waals surface area contributed by atoms with E-state index in [1.54, 1.807) is 0 Å². The van der Waals surface area contributed by atoms with Crippen LogP contribution in [0.15, 0.2) is 217 Å². The molecule has 0 fully saturated rings. The Bertz CT molecular complexity index is 3850. The zero-order chi connectivity index (χ0) is 40.7. The van der Waals surface area contributed by atoms with E-state index in [0.717, 1.165) is 55.5 Å². The highest BCUT2D eigenvalue weighted by Gasteiger charge is 2.18. The van der Waals surface area contributed by atoms with E-state index < -0.39 is 0 Å². The molecular weight excluding hydrogens is 791 g/mol. The zero-order valence-corrected chi connectivity index (χ0v) is 35.0. The summed E-state index contributed by atoms with van der Waals surface area (Å²) in [5.41, 5.74) is 12.3. The van der Waals surface area contributed by atoms with Crippen molar-refractivity contribution in [3.8, 4) is 33.4 Å². The molecule has 0 aliphatic carbocycles. The summed E-state index contributed by atoms with van der Waals surface area (Å²) < 4.78 is 11.8. The van der Waals surface area contributed by atoms with Crippen molar-refractivity contribution in [1.82, 2.24) is 0 Å². The quantitative estimate of drug-likeness (QED) is 0.166. The minimum absolute atomic E-state index is 0.900. The topological polar surface area (TPSA) is 16.4 Å². The van der Waals surface area contributed by atoms with Gasteiger partial charge in [-0.2, -0.15) is 0 Å². The minimum atomic E-state index is 0.900. The summed E-state index contributed by atoms with van der Waals surface area (Å²) in [4.78, 5) is 2.37. The summed E-state index contributed by atoms with van der Waals surface area (Å²) in [7, 11) is 0. The average Bonchev–Trinajstić information content (AvgIpc) is 4.04. The molecule has 13 aromatic rings. The van der Waals surface area contributed by atoms with Gasteiger partial charge < -0.3 is 9.32 Å². The van der Waals surface area contributed by atoms with Crippen LogP contribution in [-0.4, -0.2) is 0 Å². The van der Waals surface area contributed by atoms with Crippen LogP contribution in [0.3, 0.4) is 0 Å². The molecule has 0 aliphatic heterocycles. The fourth-order valence-corrected chi connectivity index (χ4v) is 11.8. The summed E-state index contributed by atoms with van der Waals surface area (Å²) in [6, 6.07) is 77.4. The molecule has 0 N–H and O–H groups in total. The van der Waals surface area contributed by atoms with E-state index >= 15 is 0 Å². The SMILES string of the molecule is c1ccc2c(c1)ccc1c2oc2cccc(-c3ccc(N(c4ccc(-c5ccc6sc7ccccc7c6c5)cc4)c4ccc(-c5cccc6sc7ccccc7c56)cc4)cc3)c21. The highest BCUT2D eigenvalue weighted by Crippen LogP contribution is 2.44. The molecule has 10 aromatic carbocycles. The van der Waals surface area contributed by atoms with Gasteiger partial charge in [-0.25, -0.2) is 0 Å². The van der Waals surface area contributed by atoms with E-state index in [0.29, 0.717) is 0 Å². The lowest BCUT2D eigenvalue weighted by Gasteiger charge is -2.26. The predicted octanol–water partition coefficient (Wildman–Crippen LogP) is 17.9. The largest absolute Gasteiger partial charge is 0.455 e. The van der Waals surface area contributed by atoms with Crippen LogP contribution in [0.1, 0.15) is 0 Å². The highest BCUT2D eigenvalue weighted by atomic mass is 32.1. The van der Waals surface area contributed by atoms with Gasteiger partial charge in [0, 0.05) is 73.6 Å². The van der Waals surface area contributed by atoms with Crippen molar-refractivity contribution in [3.63, 3.8) is 0 Å². The summed E-state index contributed by atoms with van der Waals surface area (Å²) in [5.74, 6) is 0. The smallest absolute Gasteiger partial charge is 0.143 e. The molecule has 0 unspecified atom stereocenters. The molecule has 2 nitrogen and oxygen atoms in total. The molecule has 13 rings (SSSR count). The molecule has 4 heteroatoms. The number of rotatable bonds is 6. The molecule has 62 heavy (non-hydrogen) atoms. The number of fused-ring (bicyclic) bond motifs is 11. The van der Waals surface area contributed by atoms with Gasteiger partial charge in [-0.1, -0.05) is 133 Å². The van der Waals surface area contributed by atoms with Crippen LogP contribution in [0, 0.1) is 0 Å². The van der Waals surface area contributed by atoms with Gasteiger partial charge in [0.15, 0.2) is 0 Å². The number of benzene rings is 10. The lowest BCUT2D eigenvalue weighted by Crippen LogP contribution is -2.09. The molecule has 0 atom stereocenters. The van der Waals surface area contributed by atoms with Crippen molar-refractivity contribution < 1.29 is 4.42 Å². The van der Waals surface area contributed by atoms with Crippen LogP contribution in [-0.2, 0) is 0 Å². The van der Waals surface area contributed by atoms with Crippen molar-refractivity contribution in [2.45, 2.75) is 0 Å². The van der Waals surface area contributed by atoms with Crippen LogP contribution in [0.5, 0.6) is 0 Å².